The van der Waals surface area contributed by atoms with Gasteiger partial charge in [-0.3, -0.25) is 0 Å². The molecular formula is C19H18FN. The molecule has 21 heavy (non-hydrogen) atoms. The van der Waals surface area contributed by atoms with E-state index in [1.807, 2.05) is 12.1 Å². The lowest BCUT2D eigenvalue weighted by atomic mass is 9.98. The van der Waals surface area contributed by atoms with E-state index in [0.717, 1.165) is 18.4 Å². The van der Waals surface area contributed by atoms with Crippen LogP contribution >= 0.6 is 0 Å². The molecule has 0 heterocycles. The molecular weight excluding hydrogens is 261 g/mol. The molecule has 0 fully saturated rings. The van der Waals surface area contributed by atoms with Crippen LogP contribution in [0.3, 0.4) is 0 Å². The molecule has 1 unspecified atom stereocenters. The molecule has 2 N–H and O–H groups in total. The van der Waals surface area contributed by atoms with E-state index in [-0.39, 0.29) is 11.9 Å². The largest absolute Gasteiger partial charge is 0.327 e. The summed E-state index contributed by atoms with van der Waals surface area (Å²) < 4.78 is 12.9. The number of halogens is 1. The third kappa shape index (κ3) is 3.47. The third-order valence-corrected chi connectivity index (χ3v) is 3.72. The average molecular weight is 279 g/mol. The van der Waals surface area contributed by atoms with Gasteiger partial charge in [-0.25, -0.2) is 4.39 Å². The maximum absolute atomic E-state index is 12.9. The maximum Gasteiger partial charge on any atom is 0.123 e. The lowest BCUT2D eigenvalue weighted by Gasteiger charge is -2.12. The molecule has 0 bridgehead atoms. The van der Waals surface area contributed by atoms with Crippen molar-refractivity contribution in [1.82, 2.24) is 0 Å². The number of rotatable bonds is 4. The second kappa shape index (κ2) is 6.06. The Morgan fingerprint density at radius 1 is 0.762 bits per heavy atom. The van der Waals surface area contributed by atoms with Crippen molar-refractivity contribution < 1.29 is 4.39 Å². The number of hydrogen-bond donors (Lipinski definition) is 1. The Hall–Kier alpha value is -2.19. The Balaban J connectivity index is 1.70. The van der Waals surface area contributed by atoms with E-state index < -0.39 is 0 Å². The fraction of sp³-hybridized carbons (Fsp3) is 0.158. The topological polar surface area (TPSA) is 26.0 Å². The number of hydrogen-bond acceptors (Lipinski definition) is 1. The molecule has 0 aliphatic rings. The summed E-state index contributed by atoms with van der Waals surface area (Å²) in [7, 11) is 0. The Labute approximate surface area is 124 Å². The van der Waals surface area contributed by atoms with Crippen molar-refractivity contribution in [2.45, 2.75) is 18.9 Å². The highest BCUT2D eigenvalue weighted by atomic mass is 19.1. The van der Waals surface area contributed by atoms with Crippen molar-refractivity contribution in [3.63, 3.8) is 0 Å². The van der Waals surface area contributed by atoms with Crippen molar-refractivity contribution in [3.8, 4) is 0 Å². The molecule has 0 amide bonds. The monoisotopic (exact) mass is 279 g/mol. The van der Waals surface area contributed by atoms with Crippen LogP contribution in [0.1, 0.15) is 11.1 Å². The van der Waals surface area contributed by atoms with Gasteiger partial charge in [0.2, 0.25) is 0 Å². The quantitative estimate of drug-likeness (QED) is 0.764. The molecule has 0 aliphatic heterocycles. The molecule has 1 atom stereocenters. The molecule has 0 saturated carbocycles. The first kappa shape index (κ1) is 13.8. The van der Waals surface area contributed by atoms with Crippen molar-refractivity contribution in [2.24, 2.45) is 5.73 Å². The van der Waals surface area contributed by atoms with Crippen molar-refractivity contribution in [2.75, 3.05) is 0 Å². The second-order valence-electron chi connectivity index (χ2n) is 5.48. The fourth-order valence-corrected chi connectivity index (χ4v) is 2.66. The normalized spacial score (nSPS) is 12.5. The molecule has 3 aromatic rings. The Morgan fingerprint density at radius 3 is 2.14 bits per heavy atom. The van der Waals surface area contributed by atoms with E-state index >= 15 is 0 Å². The Bertz CT molecular complexity index is 734. The number of nitrogens with two attached hydrogens (primary N) is 1. The molecule has 0 aliphatic carbocycles. The van der Waals surface area contributed by atoms with Crippen LogP contribution in [0.5, 0.6) is 0 Å². The van der Waals surface area contributed by atoms with E-state index in [1.54, 1.807) is 12.1 Å². The van der Waals surface area contributed by atoms with Gasteiger partial charge >= 0.3 is 0 Å². The average Bonchev–Trinajstić information content (AvgIpc) is 2.49. The Kier molecular flexibility index (Phi) is 3.98. The zero-order chi connectivity index (χ0) is 14.7. The van der Waals surface area contributed by atoms with Gasteiger partial charge in [0.05, 0.1) is 0 Å². The molecule has 0 aromatic heterocycles. The Morgan fingerprint density at radius 2 is 1.38 bits per heavy atom. The minimum atomic E-state index is -0.207. The van der Waals surface area contributed by atoms with Gasteiger partial charge in [-0.2, -0.15) is 0 Å². The summed E-state index contributed by atoms with van der Waals surface area (Å²) in [6.07, 6.45) is 1.58. The summed E-state index contributed by atoms with van der Waals surface area (Å²) in [6, 6.07) is 21.4. The molecule has 1 nitrogen and oxygen atoms in total. The first-order valence-corrected chi connectivity index (χ1v) is 7.18. The lowest BCUT2D eigenvalue weighted by molar-refractivity contribution is 0.623. The molecule has 2 heteroatoms. The van der Waals surface area contributed by atoms with E-state index in [9.17, 15) is 4.39 Å². The van der Waals surface area contributed by atoms with Crippen LogP contribution in [0.4, 0.5) is 4.39 Å². The highest BCUT2D eigenvalue weighted by Gasteiger charge is 2.06. The summed E-state index contributed by atoms with van der Waals surface area (Å²) in [5.41, 5.74) is 8.54. The lowest BCUT2D eigenvalue weighted by Crippen LogP contribution is -2.25. The van der Waals surface area contributed by atoms with E-state index in [2.05, 4.69) is 30.3 Å². The molecule has 0 saturated heterocycles. The van der Waals surface area contributed by atoms with Gasteiger partial charge in [0.1, 0.15) is 5.82 Å². The van der Waals surface area contributed by atoms with Gasteiger partial charge < -0.3 is 5.73 Å². The predicted octanol–water partition coefficient (Wildman–Crippen LogP) is 4.09. The van der Waals surface area contributed by atoms with Gasteiger partial charge in [-0.05, 0) is 46.9 Å². The first-order valence-electron chi connectivity index (χ1n) is 7.18. The summed E-state index contributed by atoms with van der Waals surface area (Å²) in [4.78, 5) is 0. The number of benzene rings is 3. The molecule has 3 aromatic carbocycles. The van der Waals surface area contributed by atoms with E-state index in [4.69, 9.17) is 5.73 Å². The van der Waals surface area contributed by atoms with Crippen LogP contribution in [0.2, 0.25) is 0 Å². The standard InChI is InChI=1S/C19H18FN/c20-18-9-6-14(7-10-18)12-19(21)13-15-5-8-16-3-1-2-4-17(16)11-15/h1-11,19H,12-13,21H2. The molecule has 3 rings (SSSR count). The number of fused-ring (bicyclic) bond motifs is 1. The van der Waals surface area contributed by atoms with Gasteiger partial charge in [-0.15, -0.1) is 0 Å². The van der Waals surface area contributed by atoms with Crippen LogP contribution in [-0.4, -0.2) is 6.04 Å². The second-order valence-corrected chi connectivity index (χ2v) is 5.48. The molecule has 0 radical (unpaired) electrons. The van der Waals surface area contributed by atoms with Crippen LogP contribution < -0.4 is 5.73 Å². The fourth-order valence-electron chi connectivity index (χ4n) is 2.66. The first-order chi connectivity index (χ1) is 10.2. The van der Waals surface area contributed by atoms with Crippen LogP contribution in [0, 0.1) is 5.82 Å². The highest BCUT2D eigenvalue weighted by Crippen LogP contribution is 2.17. The summed E-state index contributed by atoms with van der Waals surface area (Å²) in [5, 5.41) is 2.48. The minimum Gasteiger partial charge on any atom is -0.327 e. The molecule has 106 valence electrons. The summed E-state index contributed by atoms with van der Waals surface area (Å²) in [6.45, 7) is 0. The smallest absolute Gasteiger partial charge is 0.123 e. The van der Waals surface area contributed by atoms with Crippen LogP contribution in [0.25, 0.3) is 10.8 Å². The summed E-state index contributed by atoms with van der Waals surface area (Å²) >= 11 is 0. The highest BCUT2D eigenvalue weighted by molar-refractivity contribution is 5.82. The van der Waals surface area contributed by atoms with Crippen LogP contribution in [0.15, 0.2) is 66.7 Å². The van der Waals surface area contributed by atoms with E-state index in [1.165, 1.54) is 28.5 Å². The predicted molar refractivity (Wildman–Crippen MR) is 85.7 cm³/mol. The third-order valence-electron chi connectivity index (χ3n) is 3.72. The van der Waals surface area contributed by atoms with Gasteiger partial charge in [0.25, 0.3) is 0 Å². The van der Waals surface area contributed by atoms with Gasteiger partial charge in [0.15, 0.2) is 0 Å². The van der Waals surface area contributed by atoms with Gasteiger partial charge in [0, 0.05) is 6.04 Å². The summed E-state index contributed by atoms with van der Waals surface area (Å²) in [5.74, 6) is -0.207. The SMILES string of the molecule is NC(Cc1ccc(F)cc1)Cc1ccc2ccccc2c1. The molecule has 0 spiro atoms. The van der Waals surface area contributed by atoms with E-state index in [0.29, 0.717) is 0 Å². The maximum atomic E-state index is 12.9. The van der Waals surface area contributed by atoms with Gasteiger partial charge in [-0.1, -0.05) is 54.6 Å². The van der Waals surface area contributed by atoms with Crippen molar-refractivity contribution >= 4 is 10.8 Å². The van der Waals surface area contributed by atoms with Crippen LogP contribution in [-0.2, 0) is 12.8 Å². The van der Waals surface area contributed by atoms with Crippen molar-refractivity contribution in [1.29, 1.82) is 0 Å². The zero-order valence-electron chi connectivity index (χ0n) is 11.8. The zero-order valence-corrected chi connectivity index (χ0v) is 11.8. The minimum absolute atomic E-state index is 0.0385. The van der Waals surface area contributed by atoms with Crippen molar-refractivity contribution in [3.05, 3.63) is 83.7 Å².